The number of amides is 1. The van der Waals surface area contributed by atoms with Crippen molar-refractivity contribution in [2.75, 3.05) is 25.4 Å². The average Bonchev–Trinajstić information content (AvgIpc) is 2.51. The number of esters is 1. The highest BCUT2D eigenvalue weighted by atomic mass is 16.6. The van der Waals surface area contributed by atoms with Crippen LogP contribution in [0, 0.1) is 10.1 Å². The maximum atomic E-state index is 12.1. The van der Waals surface area contributed by atoms with Gasteiger partial charge in [0.15, 0.2) is 6.61 Å². The number of nitrogen functional groups attached to an aromatic ring is 1. The van der Waals surface area contributed by atoms with Crippen molar-refractivity contribution in [2.45, 2.75) is 26.1 Å². The van der Waals surface area contributed by atoms with Crippen LogP contribution in [0.4, 0.5) is 11.4 Å². The zero-order chi connectivity index (χ0) is 17.9. The number of ether oxygens (including phenoxy) is 2. The zero-order valence-corrected chi connectivity index (χ0v) is 13.4. The number of hydrogen-bond acceptors (Lipinski definition) is 7. The molecule has 24 heavy (non-hydrogen) atoms. The molecule has 2 atom stereocenters. The first-order chi connectivity index (χ1) is 11.3. The van der Waals surface area contributed by atoms with Crippen molar-refractivity contribution < 1.29 is 24.0 Å². The molecule has 2 rings (SSSR count). The van der Waals surface area contributed by atoms with Crippen LogP contribution < -0.4 is 5.73 Å². The molecule has 1 aliphatic rings. The maximum Gasteiger partial charge on any atom is 0.338 e. The first-order valence-corrected chi connectivity index (χ1v) is 7.42. The molecular formula is C15H19N3O6. The van der Waals surface area contributed by atoms with Crippen LogP contribution in [0.5, 0.6) is 0 Å². The summed E-state index contributed by atoms with van der Waals surface area (Å²) in [5.41, 5.74) is 5.00. The maximum absolute atomic E-state index is 12.1. The van der Waals surface area contributed by atoms with Gasteiger partial charge in [0.2, 0.25) is 0 Å². The molecule has 0 aliphatic carbocycles. The van der Waals surface area contributed by atoms with E-state index in [1.165, 1.54) is 12.1 Å². The number of anilines is 1. The van der Waals surface area contributed by atoms with E-state index < -0.39 is 17.5 Å². The molecule has 0 radical (unpaired) electrons. The van der Waals surface area contributed by atoms with Gasteiger partial charge in [0.1, 0.15) is 5.69 Å². The van der Waals surface area contributed by atoms with Crippen LogP contribution in [-0.4, -0.2) is 53.6 Å². The number of rotatable bonds is 4. The third-order valence-corrected chi connectivity index (χ3v) is 3.56. The molecule has 1 saturated heterocycles. The SMILES string of the molecule is C[C@@H]1CN(C(=O)COC(=O)c2ccc(N)c([N+](=O)[O-])c2)C[C@H](C)O1. The number of nitro benzene ring substituents is 1. The van der Waals surface area contributed by atoms with Gasteiger partial charge in [-0.25, -0.2) is 4.79 Å². The summed E-state index contributed by atoms with van der Waals surface area (Å²) in [6, 6.07) is 3.59. The van der Waals surface area contributed by atoms with Crippen molar-refractivity contribution >= 4 is 23.3 Å². The van der Waals surface area contributed by atoms with E-state index in [2.05, 4.69) is 0 Å². The minimum absolute atomic E-state index is 0.0348. The van der Waals surface area contributed by atoms with Gasteiger partial charge >= 0.3 is 5.97 Å². The zero-order valence-electron chi connectivity index (χ0n) is 13.4. The van der Waals surface area contributed by atoms with Crippen LogP contribution in [-0.2, 0) is 14.3 Å². The second kappa shape index (κ2) is 7.26. The lowest BCUT2D eigenvalue weighted by atomic mass is 10.2. The van der Waals surface area contributed by atoms with Gasteiger partial charge in [-0.3, -0.25) is 14.9 Å². The van der Waals surface area contributed by atoms with E-state index in [1.54, 1.807) is 4.90 Å². The number of carbonyl (C=O) groups is 2. The Morgan fingerprint density at radius 1 is 1.38 bits per heavy atom. The molecule has 0 saturated carbocycles. The smallest absolute Gasteiger partial charge is 0.338 e. The minimum atomic E-state index is -0.819. The van der Waals surface area contributed by atoms with E-state index in [9.17, 15) is 19.7 Å². The van der Waals surface area contributed by atoms with Crippen LogP contribution in [0.1, 0.15) is 24.2 Å². The normalized spacial score (nSPS) is 20.5. The fourth-order valence-corrected chi connectivity index (χ4v) is 2.51. The van der Waals surface area contributed by atoms with Gasteiger partial charge in [-0.15, -0.1) is 0 Å². The van der Waals surface area contributed by atoms with Crippen molar-refractivity contribution in [1.29, 1.82) is 0 Å². The molecule has 0 aromatic heterocycles. The van der Waals surface area contributed by atoms with Crippen molar-refractivity contribution in [1.82, 2.24) is 4.90 Å². The number of morpholine rings is 1. The van der Waals surface area contributed by atoms with E-state index >= 15 is 0 Å². The van der Waals surface area contributed by atoms with Crippen LogP contribution in [0.2, 0.25) is 0 Å². The lowest BCUT2D eigenvalue weighted by Gasteiger charge is -2.35. The summed E-state index contributed by atoms with van der Waals surface area (Å²) >= 11 is 0. The fraction of sp³-hybridized carbons (Fsp3) is 0.467. The number of nitrogens with zero attached hydrogens (tertiary/aromatic N) is 2. The summed E-state index contributed by atoms with van der Waals surface area (Å²) in [6.07, 6.45) is -0.179. The van der Waals surface area contributed by atoms with Crippen LogP contribution in [0.3, 0.4) is 0 Å². The van der Waals surface area contributed by atoms with Crippen LogP contribution in [0.15, 0.2) is 18.2 Å². The first kappa shape index (κ1) is 17.7. The highest BCUT2D eigenvalue weighted by Crippen LogP contribution is 2.22. The van der Waals surface area contributed by atoms with Crippen LogP contribution >= 0.6 is 0 Å². The predicted molar refractivity (Wildman–Crippen MR) is 84.4 cm³/mol. The monoisotopic (exact) mass is 337 g/mol. The van der Waals surface area contributed by atoms with Gasteiger partial charge in [0.05, 0.1) is 22.7 Å². The van der Waals surface area contributed by atoms with Crippen molar-refractivity contribution in [2.24, 2.45) is 0 Å². The largest absolute Gasteiger partial charge is 0.452 e. The quantitative estimate of drug-likeness (QED) is 0.375. The third-order valence-electron chi connectivity index (χ3n) is 3.56. The Labute approximate surface area is 138 Å². The van der Waals surface area contributed by atoms with Crippen molar-refractivity contribution in [3.8, 4) is 0 Å². The molecule has 9 heteroatoms. The standard InChI is InChI=1S/C15H19N3O6/c1-9-6-17(7-10(2)24-9)14(19)8-23-15(20)11-3-4-12(16)13(5-11)18(21)22/h3-5,9-10H,6-8,16H2,1-2H3/t9-,10+. The molecule has 1 aliphatic heterocycles. The molecule has 130 valence electrons. The fourth-order valence-electron chi connectivity index (χ4n) is 2.51. The lowest BCUT2D eigenvalue weighted by molar-refractivity contribution is -0.383. The molecule has 1 aromatic carbocycles. The summed E-state index contributed by atoms with van der Waals surface area (Å²) < 4.78 is 10.5. The molecular weight excluding hydrogens is 318 g/mol. The highest BCUT2D eigenvalue weighted by Gasteiger charge is 2.26. The second-order valence-corrected chi connectivity index (χ2v) is 5.66. The number of carbonyl (C=O) groups excluding carboxylic acids is 2. The van der Waals surface area contributed by atoms with Gasteiger partial charge in [0.25, 0.3) is 11.6 Å². The molecule has 2 N–H and O–H groups in total. The first-order valence-electron chi connectivity index (χ1n) is 7.42. The van der Waals surface area contributed by atoms with Gasteiger partial charge < -0.3 is 20.1 Å². The molecule has 1 heterocycles. The summed E-state index contributed by atoms with van der Waals surface area (Å²) in [5, 5.41) is 10.8. The summed E-state index contributed by atoms with van der Waals surface area (Å²) in [7, 11) is 0. The molecule has 9 nitrogen and oxygen atoms in total. The van der Waals surface area contributed by atoms with Crippen molar-refractivity contribution in [3.05, 3.63) is 33.9 Å². The van der Waals surface area contributed by atoms with E-state index in [-0.39, 0.29) is 35.1 Å². The molecule has 0 spiro atoms. The molecule has 0 bridgehead atoms. The average molecular weight is 337 g/mol. The Morgan fingerprint density at radius 2 is 2.00 bits per heavy atom. The Morgan fingerprint density at radius 3 is 2.58 bits per heavy atom. The van der Waals surface area contributed by atoms with Gasteiger partial charge in [-0.1, -0.05) is 0 Å². The van der Waals surface area contributed by atoms with E-state index in [1.807, 2.05) is 13.8 Å². The molecule has 1 amide bonds. The Hall–Kier alpha value is -2.68. The summed E-state index contributed by atoms with van der Waals surface area (Å²) in [4.78, 5) is 35.8. The Balaban J connectivity index is 1.96. The number of nitro groups is 1. The predicted octanol–water partition coefficient (Wildman–Crippen LogP) is 0.970. The topological polar surface area (TPSA) is 125 Å². The molecule has 0 unspecified atom stereocenters. The minimum Gasteiger partial charge on any atom is -0.452 e. The van der Waals surface area contributed by atoms with E-state index in [0.717, 1.165) is 6.07 Å². The lowest BCUT2D eigenvalue weighted by Crippen LogP contribution is -2.49. The Kier molecular flexibility index (Phi) is 5.35. The van der Waals surface area contributed by atoms with Gasteiger partial charge in [0, 0.05) is 19.2 Å². The Bertz CT molecular complexity index is 653. The summed E-state index contributed by atoms with van der Waals surface area (Å²) in [6.45, 7) is 4.13. The van der Waals surface area contributed by atoms with Crippen molar-refractivity contribution in [3.63, 3.8) is 0 Å². The number of hydrogen-bond donors (Lipinski definition) is 1. The number of benzene rings is 1. The summed E-state index contributed by atoms with van der Waals surface area (Å²) in [5.74, 6) is -1.16. The highest BCUT2D eigenvalue weighted by molar-refractivity contribution is 5.92. The second-order valence-electron chi connectivity index (χ2n) is 5.66. The van der Waals surface area contributed by atoms with E-state index in [4.69, 9.17) is 15.2 Å². The van der Waals surface area contributed by atoms with E-state index in [0.29, 0.717) is 13.1 Å². The van der Waals surface area contributed by atoms with Gasteiger partial charge in [-0.2, -0.15) is 0 Å². The number of nitrogens with two attached hydrogens (primary N) is 1. The van der Waals surface area contributed by atoms with Gasteiger partial charge in [-0.05, 0) is 26.0 Å². The molecule has 1 fully saturated rings. The van der Waals surface area contributed by atoms with Crippen LogP contribution in [0.25, 0.3) is 0 Å². The molecule has 1 aromatic rings. The third kappa shape index (κ3) is 4.19.